The number of benzene rings is 6. The molecule has 42 heavy (non-hydrogen) atoms. The van der Waals surface area contributed by atoms with Crippen LogP contribution in [0.5, 0.6) is 0 Å². The average molecular weight is 645 g/mol. The minimum Gasteiger partial charge on any atom is -0.456 e. The predicted octanol–water partition coefficient (Wildman–Crippen LogP) is 11.9. The minimum atomic E-state index is 0.672. The van der Waals surface area contributed by atoms with E-state index < -0.39 is 0 Å². The van der Waals surface area contributed by atoms with Gasteiger partial charge in [-0.2, -0.15) is 0 Å². The van der Waals surface area contributed by atoms with Gasteiger partial charge in [-0.1, -0.05) is 88.2 Å². The summed E-state index contributed by atoms with van der Waals surface area (Å²) in [5, 5.41) is 7.22. The fourth-order valence-corrected chi connectivity index (χ4v) is 8.18. The predicted molar refractivity (Wildman–Crippen MR) is 181 cm³/mol. The van der Waals surface area contributed by atoms with E-state index in [0.29, 0.717) is 11.0 Å². The van der Waals surface area contributed by atoms with Gasteiger partial charge in [-0.15, -0.1) is 11.3 Å². The Morgan fingerprint density at radius 2 is 1.52 bits per heavy atom. The number of thiophene rings is 1. The Balaban J connectivity index is 1.35. The van der Waals surface area contributed by atoms with Gasteiger partial charge in [0.2, 0.25) is 5.95 Å². The van der Waals surface area contributed by atoms with Gasteiger partial charge in [-0.25, -0.2) is 4.98 Å². The quantitative estimate of drug-likeness (QED) is 0.208. The summed E-state index contributed by atoms with van der Waals surface area (Å²) in [7, 11) is 0. The number of rotatable bonds is 3. The van der Waals surface area contributed by atoms with Crippen molar-refractivity contribution in [2.24, 2.45) is 0 Å². The molecule has 6 aromatic carbocycles. The molecule has 0 aliphatic rings. The first-order chi connectivity index (χ1) is 20.6. The van der Waals surface area contributed by atoms with Gasteiger partial charge in [-0.05, 0) is 47.9 Å². The molecule has 9 aromatic rings. The molecule has 0 saturated carbocycles. The normalized spacial score (nSPS) is 12.0. The summed E-state index contributed by atoms with van der Waals surface area (Å²) >= 11 is 13.0. The van der Waals surface area contributed by atoms with Crippen molar-refractivity contribution in [2.45, 2.75) is 0 Å². The third-order valence-corrected chi connectivity index (χ3v) is 10.1. The van der Waals surface area contributed by atoms with Crippen molar-refractivity contribution in [1.29, 1.82) is 0 Å². The van der Waals surface area contributed by atoms with E-state index in [1.54, 1.807) is 11.3 Å². The lowest BCUT2D eigenvalue weighted by atomic mass is 10.1. The Kier molecular flexibility index (Phi) is 5.24. The second-order valence-electron chi connectivity index (χ2n) is 10.3. The summed E-state index contributed by atoms with van der Waals surface area (Å²) in [5.74, 6) is 0.672. The third-order valence-electron chi connectivity index (χ3n) is 7.95. The van der Waals surface area contributed by atoms with Crippen molar-refractivity contribution in [3.63, 3.8) is 0 Å². The molecule has 0 unspecified atom stereocenters. The molecule has 3 heterocycles. The molecule has 3 aromatic heterocycles. The highest BCUT2D eigenvalue weighted by atomic mass is 79.9. The maximum atomic E-state index is 7.38. The molecule has 0 spiro atoms. The van der Waals surface area contributed by atoms with Crippen molar-refractivity contribution in [3.8, 4) is 0 Å². The maximum absolute atomic E-state index is 7.38. The van der Waals surface area contributed by atoms with Crippen LogP contribution < -0.4 is 4.90 Å². The number of nitrogens with zero attached hydrogens (tertiary/aromatic N) is 2. The number of halogens is 2. The monoisotopic (exact) mass is 643 g/mol. The van der Waals surface area contributed by atoms with Crippen LogP contribution >= 0.6 is 38.9 Å². The van der Waals surface area contributed by atoms with Gasteiger partial charge in [-0.3, -0.25) is 4.90 Å². The molecule has 0 aliphatic heterocycles. The van der Waals surface area contributed by atoms with Crippen LogP contribution in [-0.4, -0.2) is 9.97 Å². The lowest BCUT2D eigenvalue weighted by molar-refractivity contribution is 0.669. The fourth-order valence-electron chi connectivity index (χ4n) is 6.08. The van der Waals surface area contributed by atoms with Crippen molar-refractivity contribution in [1.82, 2.24) is 9.97 Å². The Labute approximate surface area is 256 Å². The van der Waals surface area contributed by atoms with Crippen LogP contribution in [0.25, 0.3) is 63.9 Å². The summed E-state index contributed by atoms with van der Waals surface area (Å²) in [4.78, 5) is 10.9. The second-order valence-corrected chi connectivity index (χ2v) is 12.7. The molecular weight excluding hydrogens is 626 g/mol. The Hall–Kier alpha value is -4.36. The molecule has 1 N–H and O–H groups in total. The van der Waals surface area contributed by atoms with Gasteiger partial charge in [0.1, 0.15) is 11.2 Å². The lowest BCUT2D eigenvalue weighted by Crippen LogP contribution is -2.13. The summed E-state index contributed by atoms with van der Waals surface area (Å²) in [6.07, 6.45) is 0. The standard InChI is InChI=1S/C35H19BrClN3OS/c36-23-11-5-7-19-8-6-12-26(32(19)23)40(27-15-16-31-33(34(27)37)21-10-2-4-14-30(21)42-31)35-38-24-17-22-20-9-1-3-13-28(20)41-29(22)18-25(24)39-35/h1-18H,(H,38,39). The van der Waals surface area contributed by atoms with Crippen molar-refractivity contribution < 1.29 is 4.42 Å². The number of furan rings is 1. The number of para-hydroxylation sites is 1. The first kappa shape index (κ1) is 24.3. The lowest BCUT2D eigenvalue weighted by Gasteiger charge is -2.25. The highest BCUT2D eigenvalue weighted by molar-refractivity contribution is 9.10. The molecule has 0 aliphatic carbocycles. The van der Waals surface area contributed by atoms with Crippen molar-refractivity contribution in [2.75, 3.05) is 4.90 Å². The molecule has 0 bridgehead atoms. The third kappa shape index (κ3) is 3.49. The van der Waals surface area contributed by atoms with Crippen LogP contribution in [0.3, 0.4) is 0 Å². The fraction of sp³-hybridized carbons (Fsp3) is 0. The van der Waals surface area contributed by atoms with E-state index >= 15 is 0 Å². The highest BCUT2D eigenvalue weighted by Crippen LogP contribution is 2.48. The van der Waals surface area contributed by atoms with Crippen LogP contribution in [0.2, 0.25) is 5.02 Å². The highest BCUT2D eigenvalue weighted by Gasteiger charge is 2.24. The summed E-state index contributed by atoms with van der Waals surface area (Å²) < 4.78 is 9.54. The average Bonchev–Trinajstić information content (AvgIpc) is 3.70. The van der Waals surface area contributed by atoms with E-state index in [1.165, 1.54) is 4.70 Å². The van der Waals surface area contributed by atoms with E-state index in [-0.39, 0.29) is 0 Å². The van der Waals surface area contributed by atoms with E-state index in [9.17, 15) is 0 Å². The number of H-pyrrole nitrogens is 1. The van der Waals surface area contributed by atoms with Gasteiger partial charge in [0.15, 0.2) is 0 Å². The minimum absolute atomic E-state index is 0.672. The first-order valence-electron chi connectivity index (χ1n) is 13.5. The Morgan fingerprint density at radius 3 is 2.43 bits per heavy atom. The molecule has 0 saturated heterocycles. The van der Waals surface area contributed by atoms with Crippen LogP contribution in [0.4, 0.5) is 17.3 Å². The number of imidazole rings is 1. The Bertz CT molecular complexity index is 2520. The molecule has 0 amide bonds. The molecule has 0 radical (unpaired) electrons. The van der Waals surface area contributed by atoms with E-state index in [1.807, 2.05) is 24.3 Å². The maximum Gasteiger partial charge on any atom is 0.213 e. The zero-order chi connectivity index (χ0) is 27.9. The number of aromatic amines is 1. The second kappa shape index (κ2) is 9.07. The number of nitrogens with one attached hydrogen (secondary N) is 1. The SMILES string of the molecule is Clc1c(N(c2nc3cc4oc5ccccc5c4cc3[nH]2)c2cccc3cccc(Br)c23)ccc2sc3ccccc3c12. The van der Waals surface area contributed by atoms with E-state index in [2.05, 4.69) is 111 Å². The van der Waals surface area contributed by atoms with Gasteiger partial charge in [0, 0.05) is 46.9 Å². The first-order valence-corrected chi connectivity index (χ1v) is 15.5. The summed E-state index contributed by atoms with van der Waals surface area (Å²) in [5.41, 5.74) is 5.24. The van der Waals surface area contributed by atoms with Crippen LogP contribution in [0.1, 0.15) is 0 Å². The molecular formula is C35H19BrClN3OS. The molecule has 0 atom stereocenters. The molecule has 7 heteroatoms. The number of fused-ring (bicyclic) bond motifs is 8. The number of hydrogen-bond acceptors (Lipinski definition) is 4. The number of anilines is 3. The zero-order valence-electron chi connectivity index (χ0n) is 21.9. The number of aromatic nitrogens is 2. The molecule has 9 rings (SSSR count). The van der Waals surface area contributed by atoms with Crippen LogP contribution in [0, 0.1) is 0 Å². The van der Waals surface area contributed by atoms with Gasteiger partial charge in [0.25, 0.3) is 0 Å². The topological polar surface area (TPSA) is 45.1 Å². The van der Waals surface area contributed by atoms with E-state index in [4.69, 9.17) is 21.0 Å². The van der Waals surface area contributed by atoms with Crippen LogP contribution in [0.15, 0.2) is 118 Å². The van der Waals surface area contributed by atoms with Gasteiger partial charge < -0.3 is 9.40 Å². The van der Waals surface area contributed by atoms with Gasteiger partial charge >= 0.3 is 0 Å². The van der Waals surface area contributed by atoms with Crippen molar-refractivity contribution in [3.05, 3.63) is 119 Å². The summed E-state index contributed by atoms with van der Waals surface area (Å²) in [6, 6.07) is 37.5. The van der Waals surface area contributed by atoms with Crippen LogP contribution in [-0.2, 0) is 0 Å². The molecule has 4 nitrogen and oxygen atoms in total. The summed E-state index contributed by atoms with van der Waals surface area (Å²) in [6.45, 7) is 0. The zero-order valence-corrected chi connectivity index (χ0v) is 25.0. The molecule has 0 fully saturated rings. The van der Waals surface area contributed by atoms with Crippen molar-refractivity contribution >= 4 is 120 Å². The Morgan fingerprint density at radius 1 is 0.714 bits per heavy atom. The van der Waals surface area contributed by atoms with Gasteiger partial charge in [0.05, 0.1) is 27.4 Å². The smallest absolute Gasteiger partial charge is 0.213 e. The largest absolute Gasteiger partial charge is 0.456 e. The molecule has 200 valence electrons. The van der Waals surface area contributed by atoms with E-state index in [0.717, 1.165) is 75.1 Å². The number of hydrogen-bond donors (Lipinski definition) is 1.